The lowest BCUT2D eigenvalue weighted by Crippen LogP contribution is -2.34. The van der Waals surface area contributed by atoms with Crippen LogP contribution in [0.25, 0.3) is 0 Å². The molecule has 1 heterocycles. The summed E-state index contributed by atoms with van der Waals surface area (Å²) in [7, 11) is 0. The van der Waals surface area contributed by atoms with E-state index in [0.29, 0.717) is 5.92 Å². The van der Waals surface area contributed by atoms with Gasteiger partial charge in [0.25, 0.3) is 0 Å². The van der Waals surface area contributed by atoms with Gasteiger partial charge >= 0.3 is 5.97 Å². The summed E-state index contributed by atoms with van der Waals surface area (Å²) in [6.07, 6.45) is 9.59. The second-order valence-corrected chi connectivity index (χ2v) is 6.82. The van der Waals surface area contributed by atoms with Crippen molar-refractivity contribution >= 4 is 5.97 Å². The van der Waals surface area contributed by atoms with E-state index in [1.54, 1.807) is 0 Å². The molecule has 3 rings (SSSR count). The van der Waals surface area contributed by atoms with E-state index in [-0.39, 0.29) is 6.10 Å². The van der Waals surface area contributed by atoms with E-state index in [2.05, 4.69) is 6.92 Å². The molecule has 0 aromatic carbocycles. The Hall–Kier alpha value is -0.570. The van der Waals surface area contributed by atoms with Crippen molar-refractivity contribution in [3.05, 3.63) is 0 Å². The van der Waals surface area contributed by atoms with Crippen LogP contribution in [0.2, 0.25) is 0 Å². The molecule has 5 unspecified atom stereocenters. The summed E-state index contributed by atoms with van der Waals surface area (Å²) in [6.45, 7) is 2.35. The highest BCUT2D eigenvalue weighted by Gasteiger charge is 2.65. The molecule has 2 aliphatic carbocycles. The lowest BCUT2D eigenvalue weighted by atomic mass is 9.72. The quantitative estimate of drug-likeness (QED) is 0.784. The molecule has 0 amide bonds. The van der Waals surface area contributed by atoms with Gasteiger partial charge in [-0.25, -0.2) is 4.79 Å². The van der Waals surface area contributed by atoms with Gasteiger partial charge in [0, 0.05) is 0 Å². The fourth-order valence-electron chi connectivity index (χ4n) is 4.33. The molecule has 1 N–H and O–H groups in total. The van der Waals surface area contributed by atoms with Crippen molar-refractivity contribution < 1.29 is 14.6 Å². The Labute approximate surface area is 109 Å². The number of carboxylic acids is 1. The molecule has 3 fully saturated rings. The van der Waals surface area contributed by atoms with Gasteiger partial charge in [-0.2, -0.15) is 0 Å². The summed E-state index contributed by atoms with van der Waals surface area (Å²) in [4.78, 5) is 11.3. The van der Waals surface area contributed by atoms with E-state index < -0.39 is 11.6 Å². The molecular weight excluding hydrogens is 228 g/mol. The SMILES string of the molecule is CC1CCCC(CC2CCC3OC3(C(=O)O)C2)C1. The minimum atomic E-state index is -0.775. The molecule has 3 heteroatoms. The van der Waals surface area contributed by atoms with Gasteiger partial charge in [0.15, 0.2) is 5.60 Å². The number of epoxide rings is 1. The molecule has 0 bridgehead atoms. The third-order valence-electron chi connectivity index (χ3n) is 5.32. The van der Waals surface area contributed by atoms with Gasteiger partial charge in [0.1, 0.15) is 0 Å². The smallest absolute Gasteiger partial charge is 0.338 e. The molecule has 3 aliphatic rings. The molecule has 102 valence electrons. The molecule has 1 aliphatic heterocycles. The first-order chi connectivity index (χ1) is 8.60. The Bertz CT molecular complexity index is 341. The average molecular weight is 252 g/mol. The maximum absolute atomic E-state index is 11.3. The number of hydrogen-bond acceptors (Lipinski definition) is 2. The van der Waals surface area contributed by atoms with Crippen LogP contribution in [0.5, 0.6) is 0 Å². The van der Waals surface area contributed by atoms with Crippen molar-refractivity contribution in [3.8, 4) is 0 Å². The second kappa shape index (κ2) is 4.52. The van der Waals surface area contributed by atoms with Crippen molar-refractivity contribution in [1.29, 1.82) is 0 Å². The second-order valence-electron chi connectivity index (χ2n) is 6.82. The van der Waals surface area contributed by atoms with Gasteiger partial charge in [0.05, 0.1) is 6.10 Å². The summed E-state index contributed by atoms with van der Waals surface area (Å²) in [5, 5.41) is 9.28. The highest BCUT2D eigenvalue weighted by atomic mass is 16.6. The van der Waals surface area contributed by atoms with Crippen molar-refractivity contribution in [2.45, 2.75) is 70.0 Å². The third-order valence-corrected chi connectivity index (χ3v) is 5.32. The van der Waals surface area contributed by atoms with Crippen LogP contribution in [0.4, 0.5) is 0 Å². The number of fused-ring (bicyclic) bond motifs is 1. The number of carboxylic acid groups (broad SMARTS) is 1. The molecule has 0 spiro atoms. The van der Waals surface area contributed by atoms with E-state index in [1.807, 2.05) is 0 Å². The van der Waals surface area contributed by atoms with Gasteiger partial charge in [-0.1, -0.05) is 26.2 Å². The molecule has 5 atom stereocenters. The summed E-state index contributed by atoms with van der Waals surface area (Å²) in [5.41, 5.74) is -0.775. The van der Waals surface area contributed by atoms with Gasteiger partial charge in [-0.3, -0.25) is 0 Å². The van der Waals surface area contributed by atoms with E-state index >= 15 is 0 Å². The predicted octanol–water partition coefficient (Wildman–Crippen LogP) is 3.23. The zero-order valence-corrected chi connectivity index (χ0v) is 11.2. The van der Waals surface area contributed by atoms with Crippen molar-refractivity contribution in [2.75, 3.05) is 0 Å². The van der Waals surface area contributed by atoms with Crippen LogP contribution in [0.1, 0.15) is 58.3 Å². The number of hydrogen-bond donors (Lipinski definition) is 1. The summed E-state index contributed by atoms with van der Waals surface area (Å²) >= 11 is 0. The van der Waals surface area contributed by atoms with Crippen molar-refractivity contribution in [1.82, 2.24) is 0 Å². The highest BCUT2D eigenvalue weighted by molar-refractivity contribution is 5.81. The Kier molecular flexibility index (Phi) is 3.13. The Balaban J connectivity index is 1.56. The van der Waals surface area contributed by atoms with Gasteiger partial charge in [-0.15, -0.1) is 0 Å². The van der Waals surface area contributed by atoms with Crippen LogP contribution in [0, 0.1) is 17.8 Å². The molecule has 3 nitrogen and oxygen atoms in total. The van der Waals surface area contributed by atoms with E-state index in [0.717, 1.165) is 24.7 Å². The first kappa shape index (κ1) is 12.5. The average Bonchev–Trinajstić information content (AvgIpc) is 3.04. The summed E-state index contributed by atoms with van der Waals surface area (Å²) in [6, 6.07) is 0. The summed E-state index contributed by atoms with van der Waals surface area (Å²) < 4.78 is 5.47. The highest BCUT2D eigenvalue weighted by Crippen LogP contribution is 2.51. The lowest BCUT2D eigenvalue weighted by Gasteiger charge is -2.31. The molecule has 0 aromatic rings. The van der Waals surface area contributed by atoms with Crippen LogP contribution in [-0.4, -0.2) is 22.8 Å². The number of ether oxygens (including phenoxy) is 1. The van der Waals surface area contributed by atoms with E-state index in [9.17, 15) is 9.90 Å². The maximum atomic E-state index is 11.3. The molecule has 0 aromatic heterocycles. The van der Waals surface area contributed by atoms with Crippen molar-refractivity contribution in [2.24, 2.45) is 17.8 Å². The minimum absolute atomic E-state index is 0.0246. The topological polar surface area (TPSA) is 49.8 Å². The summed E-state index contributed by atoms with van der Waals surface area (Å²) in [5.74, 6) is 1.55. The monoisotopic (exact) mass is 252 g/mol. The Morgan fingerprint density at radius 3 is 2.83 bits per heavy atom. The fourth-order valence-corrected chi connectivity index (χ4v) is 4.33. The maximum Gasteiger partial charge on any atom is 0.338 e. The van der Waals surface area contributed by atoms with Crippen LogP contribution in [-0.2, 0) is 9.53 Å². The fraction of sp³-hybridized carbons (Fsp3) is 0.933. The Morgan fingerprint density at radius 1 is 1.28 bits per heavy atom. The van der Waals surface area contributed by atoms with Crippen LogP contribution < -0.4 is 0 Å². The molecule has 18 heavy (non-hydrogen) atoms. The molecule has 0 radical (unpaired) electrons. The van der Waals surface area contributed by atoms with Crippen LogP contribution >= 0.6 is 0 Å². The number of carbonyl (C=O) groups is 1. The molecular formula is C15H24O3. The van der Waals surface area contributed by atoms with E-state index in [4.69, 9.17) is 4.74 Å². The minimum Gasteiger partial charge on any atom is -0.479 e. The number of aliphatic carboxylic acids is 1. The van der Waals surface area contributed by atoms with Gasteiger partial charge in [0.2, 0.25) is 0 Å². The van der Waals surface area contributed by atoms with Crippen molar-refractivity contribution in [3.63, 3.8) is 0 Å². The number of rotatable bonds is 3. The molecule has 1 saturated heterocycles. The van der Waals surface area contributed by atoms with Crippen LogP contribution in [0.15, 0.2) is 0 Å². The molecule has 2 saturated carbocycles. The van der Waals surface area contributed by atoms with Gasteiger partial charge < -0.3 is 9.84 Å². The standard InChI is InChI=1S/C15H24O3/c1-10-3-2-4-11(7-10)8-12-5-6-13-15(9-12,18-13)14(16)17/h10-13H,2-9H2,1H3,(H,16,17). The normalized spacial score (nSPS) is 47.4. The zero-order chi connectivity index (χ0) is 12.8. The first-order valence-electron chi connectivity index (χ1n) is 7.51. The largest absolute Gasteiger partial charge is 0.479 e. The van der Waals surface area contributed by atoms with Crippen LogP contribution in [0.3, 0.4) is 0 Å². The first-order valence-corrected chi connectivity index (χ1v) is 7.51. The third kappa shape index (κ3) is 2.18. The van der Waals surface area contributed by atoms with E-state index in [1.165, 1.54) is 38.5 Å². The lowest BCUT2D eigenvalue weighted by molar-refractivity contribution is -0.144. The predicted molar refractivity (Wildman–Crippen MR) is 68.3 cm³/mol. The van der Waals surface area contributed by atoms with Gasteiger partial charge in [-0.05, 0) is 49.9 Å². The Morgan fingerprint density at radius 2 is 2.11 bits per heavy atom. The zero-order valence-electron chi connectivity index (χ0n) is 11.2.